The van der Waals surface area contributed by atoms with E-state index in [-0.39, 0.29) is 23.9 Å². The van der Waals surface area contributed by atoms with Crippen LogP contribution < -0.4 is 9.21 Å². The first-order chi connectivity index (χ1) is 14.9. The molecular formula is C20H20ClF4N3O3S. The quantitative estimate of drug-likeness (QED) is 0.597. The second-order valence-corrected chi connectivity index (χ2v) is 9.59. The van der Waals surface area contributed by atoms with Gasteiger partial charge in [0.1, 0.15) is 12.4 Å². The number of halogens is 5. The topological polar surface area (TPSA) is 60.9 Å². The van der Waals surface area contributed by atoms with Gasteiger partial charge in [0.05, 0.1) is 22.5 Å². The fraction of sp³-hybridized carbons (Fsp3) is 0.350. The molecule has 32 heavy (non-hydrogen) atoms. The van der Waals surface area contributed by atoms with Crippen LogP contribution in [-0.2, 0) is 21.0 Å². The zero-order chi connectivity index (χ0) is 23.7. The average molecular weight is 494 g/mol. The maximum atomic E-state index is 13.1. The third kappa shape index (κ3) is 5.63. The Bertz CT molecular complexity index is 1090. The van der Waals surface area contributed by atoms with Gasteiger partial charge in [-0.05, 0) is 42.5 Å². The first-order valence-electron chi connectivity index (χ1n) is 9.49. The predicted octanol–water partition coefficient (Wildman–Crippen LogP) is 3.61. The van der Waals surface area contributed by atoms with E-state index in [2.05, 4.69) is 0 Å². The summed E-state index contributed by atoms with van der Waals surface area (Å²) in [7, 11) is -4.11. The molecule has 1 saturated heterocycles. The Labute approximate surface area is 188 Å². The van der Waals surface area contributed by atoms with Gasteiger partial charge in [-0.2, -0.15) is 13.2 Å². The van der Waals surface area contributed by atoms with Crippen LogP contribution in [0.15, 0.2) is 42.5 Å². The fourth-order valence-corrected chi connectivity index (χ4v) is 4.47. The van der Waals surface area contributed by atoms with Gasteiger partial charge in [0.25, 0.3) is 0 Å². The zero-order valence-corrected chi connectivity index (χ0v) is 18.5. The number of amides is 1. The van der Waals surface area contributed by atoms with E-state index >= 15 is 0 Å². The number of hydrogen-bond acceptors (Lipinski definition) is 4. The van der Waals surface area contributed by atoms with Gasteiger partial charge >= 0.3 is 6.18 Å². The Kier molecular flexibility index (Phi) is 6.89. The predicted molar refractivity (Wildman–Crippen MR) is 114 cm³/mol. The summed E-state index contributed by atoms with van der Waals surface area (Å²) in [5, 5.41) is -0.225. The summed E-state index contributed by atoms with van der Waals surface area (Å²) in [6.45, 7) is 0.714. The van der Waals surface area contributed by atoms with Crippen LogP contribution in [0, 0.1) is 5.82 Å². The monoisotopic (exact) mass is 493 g/mol. The van der Waals surface area contributed by atoms with E-state index in [0.717, 1.165) is 24.1 Å². The van der Waals surface area contributed by atoms with Crippen LogP contribution in [0.5, 0.6) is 0 Å². The lowest BCUT2D eigenvalue weighted by molar-refractivity contribution is -0.137. The van der Waals surface area contributed by atoms with E-state index in [1.165, 1.54) is 17.0 Å². The number of nitrogens with zero attached hydrogens (tertiary/aromatic N) is 3. The van der Waals surface area contributed by atoms with Crippen molar-refractivity contribution in [2.75, 3.05) is 48.2 Å². The van der Waals surface area contributed by atoms with Crippen molar-refractivity contribution in [1.82, 2.24) is 4.90 Å². The number of carbonyl (C=O) groups excluding carboxylic acids is 1. The van der Waals surface area contributed by atoms with Crippen molar-refractivity contribution in [3.8, 4) is 0 Å². The van der Waals surface area contributed by atoms with E-state index in [0.29, 0.717) is 23.5 Å². The molecular weight excluding hydrogens is 474 g/mol. The standard InChI is InChI=1S/C20H20ClF4N3O3S/c1-32(30,31)28(18-12-14(20(23,24)25)2-7-17(18)21)13-19(29)27-10-8-26(9-11-27)16-5-3-15(22)4-6-16/h2-7,12H,8-11,13H2,1H3. The van der Waals surface area contributed by atoms with Crippen LogP contribution in [-0.4, -0.2) is 58.2 Å². The Morgan fingerprint density at radius 3 is 2.19 bits per heavy atom. The van der Waals surface area contributed by atoms with E-state index in [1.807, 2.05) is 4.90 Å². The van der Waals surface area contributed by atoms with Gasteiger partial charge in [0.15, 0.2) is 0 Å². The number of hydrogen-bond donors (Lipinski definition) is 0. The molecule has 1 aliphatic rings. The molecule has 174 valence electrons. The van der Waals surface area contributed by atoms with E-state index < -0.39 is 39.9 Å². The van der Waals surface area contributed by atoms with E-state index in [4.69, 9.17) is 11.6 Å². The number of piperazine rings is 1. The van der Waals surface area contributed by atoms with Crippen LogP contribution in [0.4, 0.5) is 28.9 Å². The molecule has 1 aliphatic heterocycles. The smallest absolute Gasteiger partial charge is 0.368 e. The number of carbonyl (C=O) groups is 1. The third-order valence-corrected chi connectivity index (χ3v) is 6.49. The van der Waals surface area contributed by atoms with E-state index in [9.17, 15) is 30.8 Å². The van der Waals surface area contributed by atoms with Gasteiger partial charge in [-0.25, -0.2) is 12.8 Å². The average Bonchev–Trinajstić information content (AvgIpc) is 2.71. The van der Waals surface area contributed by atoms with Crippen LogP contribution >= 0.6 is 11.6 Å². The van der Waals surface area contributed by atoms with Crippen LogP contribution in [0.3, 0.4) is 0 Å². The van der Waals surface area contributed by atoms with E-state index in [1.54, 1.807) is 12.1 Å². The molecule has 3 rings (SSSR count). The second-order valence-electron chi connectivity index (χ2n) is 7.28. The van der Waals surface area contributed by atoms with Gasteiger partial charge in [0.2, 0.25) is 15.9 Å². The Hall–Kier alpha value is -2.53. The molecule has 12 heteroatoms. The molecule has 0 aromatic heterocycles. The maximum absolute atomic E-state index is 13.1. The summed E-state index contributed by atoms with van der Waals surface area (Å²) in [6, 6.07) is 8.20. The summed E-state index contributed by atoms with van der Waals surface area (Å²) in [5.41, 5.74) is -0.708. The molecule has 0 saturated carbocycles. The number of sulfonamides is 1. The molecule has 0 radical (unpaired) electrons. The SMILES string of the molecule is CS(=O)(=O)N(CC(=O)N1CCN(c2ccc(F)cc2)CC1)c1cc(C(F)(F)F)ccc1Cl. The van der Waals surface area contributed by atoms with Crippen LogP contribution in [0.2, 0.25) is 5.02 Å². The minimum absolute atomic E-state index is 0.225. The van der Waals surface area contributed by atoms with Crippen molar-refractivity contribution in [2.24, 2.45) is 0 Å². The highest BCUT2D eigenvalue weighted by molar-refractivity contribution is 7.92. The van der Waals surface area contributed by atoms with Crippen molar-refractivity contribution in [3.05, 3.63) is 58.9 Å². The summed E-state index contributed by atoms with van der Waals surface area (Å²) >= 11 is 5.98. The van der Waals surface area contributed by atoms with Gasteiger partial charge in [-0.15, -0.1) is 0 Å². The largest absolute Gasteiger partial charge is 0.416 e. The van der Waals surface area contributed by atoms with Gasteiger partial charge in [-0.3, -0.25) is 9.10 Å². The first-order valence-corrected chi connectivity index (χ1v) is 11.7. The molecule has 2 aromatic rings. The number of rotatable bonds is 5. The second kappa shape index (κ2) is 9.14. The molecule has 1 heterocycles. The van der Waals surface area contributed by atoms with Crippen molar-refractivity contribution in [2.45, 2.75) is 6.18 Å². The molecule has 6 nitrogen and oxygen atoms in total. The Morgan fingerprint density at radius 2 is 1.66 bits per heavy atom. The Morgan fingerprint density at radius 1 is 1.06 bits per heavy atom. The summed E-state index contributed by atoms with van der Waals surface area (Å²) in [6.07, 6.45) is -3.91. The fourth-order valence-electron chi connectivity index (χ4n) is 3.35. The molecule has 0 aliphatic carbocycles. The molecule has 0 bridgehead atoms. The molecule has 1 amide bonds. The lowest BCUT2D eigenvalue weighted by Crippen LogP contribution is -2.52. The number of benzene rings is 2. The Balaban J connectivity index is 1.75. The number of alkyl halides is 3. The normalized spacial score (nSPS) is 15.1. The molecule has 0 unspecified atom stereocenters. The summed E-state index contributed by atoms with van der Waals surface area (Å²) in [4.78, 5) is 16.2. The highest BCUT2D eigenvalue weighted by atomic mass is 35.5. The van der Waals surface area contributed by atoms with Gasteiger partial charge in [0, 0.05) is 31.9 Å². The van der Waals surface area contributed by atoms with Gasteiger partial charge in [-0.1, -0.05) is 11.6 Å². The van der Waals surface area contributed by atoms with Crippen LogP contribution in [0.1, 0.15) is 5.56 Å². The summed E-state index contributed by atoms with van der Waals surface area (Å²) < 4.78 is 77.6. The van der Waals surface area contributed by atoms with Crippen molar-refractivity contribution in [1.29, 1.82) is 0 Å². The minimum Gasteiger partial charge on any atom is -0.368 e. The lowest BCUT2D eigenvalue weighted by atomic mass is 10.2. The van der Waals surface area contributed by atoms with Crippen molar-refractivity contribution >= 4 is 38.9 Å². The number of anilines is 2. The first kappa shape index (κ1) is 24.1. The third-order valence-electron chi connectivity index (χ3n) is 5.05. The highest BCUT2D eigenvalue weighted by Gasteiger charge is 2.33. The van der Waals surface area contributed by atoms with Crippen LogP contribution in [0.25, 0.3) is 0 Å². The zero-order valence-electron chi connectivity index (χ0n) is 16.9. The maximum Gasteiger partial charge on any atom is 0.416 e. The van der Waals surface area contributed by atoms with Gasteiger partial charge < -0.3 is 9.80 Å². The van der Waals surface area contributed by atoms with Crippen molar-refractivity contribution < 1.29 is 30.8 Å². The molecule has 0 spiro atoms. The molecule has 1 fully saturated rings. The molecule has 0 N–H and O–H groups in total. The van der Waals surface area contributed by atoms with Crippen molar-refractivity contribution in [3.63, 3.8) is 0 Å². The lowest BCUT2D eigenvalue weighted by Gasteiger charge is -2.37. The minimum atomic E-state index is -4.71. The summed E-state index contributed by atoms with van der Waals surface area (Å²) in [5.74, 6) is -0.931. The molecule has 0 atom stereocenters. The highest BCUT2D eigenvalue weighted by Crippen LogP contribution is 2.36. The molecule has 2 aromatic carbocycles.